The molecule has 1 aliphatic rings. The van der Waals surface area contributed by atoms with Crippen molar-refractivity contribution in [1.82, 2.24) is 4.31 Å². The van der Waals surface area contributed by atoms with Crippen LogP contribution in [0.25, 0.3) is 0 Å². The van der Waals surface area contributed by atoms with Crippen molar-refractivity contribution in [3.8, 4) is 0 Å². The molecule has 1 aromatic carbocycles. The van der Waals surface area contributed by atoms with Crippen LogP contribution in [0, 0.1) is 12.8 Å². The highest BCUT2D eigenvalue weighted by Crippen LogP contribution is 2.31. The molecule has 1 unspecified atom stereocenters. The lowest BCUT2D eigenvalue weighted by Gasteiger charge is -2.19. The summed E-state index contributed by atoms with van der Waals surface area (Å²) in [5.74, 6) is 0.712. The molecule has 0 radical (unpaired) electrons. The van der Waals surface area contributed by atoms with Gasteiger partial charge in [0, 0.05) is 24.0 Å². The highest BCUT2D eigenvalue weighted by molar-refractivity contribution is 7.89. The van der Waals surface area contributed by atoms with E-state index >= 15 is 0 Å². The van der Waals surface area contributed by atoms with Crippen LogP contribution in [0.5, 0.6) is 0 Å². The lowest BCUT2D eigenvalue weighted by Crippen LogP contribution is -2.29. The standard InChI is InChI=1S/C14H19Cl2NO2S/c1-3-11-4-5-17(9-11)20(18,19)14-7-13(16)6-12(8-15)10(14)2/h6-7,11H,3-5,8-9H2,1-2H3. The SMILES string of the molecule is CCC1CCN(S(=O)(=O)c2cc(Cl)cc(CCl)c2C)C1. The van der Waals surface area contributed by atoms with Gasteiger partial charge in [0.15, 0.2) is 0 Å². The summed E-state index contributed by atoms with van der Waals surface area (Å²) in [4.78, 5) is 0.289. The van der Waals surface area contributed by atoms with Crippen molar-refractivity contribution in [2.45, 2.75) is 37.5 Å². The maximum absolute atomic E-state index is 12.8. The second-order valence-corrected chi connectivity index (χ2v) is 7.86. The minimum Gasteiger partial charge on any atom is -0.207 e. The molecule has 0 N–H and O–H groups in total. The largest absolute Gasteiger partial charge is 0.243 e. The predicted octanol–water partition coefficient (Wildman–Crippen LogP) is 3.81. The number of nitrogens with zero attached hydrogens (tertiary/aromatic N) is 1. The van der Waals surface area contributed by atoms with Crippen molar-refractivity contribution in [3.05, 3.63) is 28.3 Å². The normalized spacial score (nSPS) is 20.5. The Balaban J connectivity index is 2.42. The van der Waals surface area contributed by atoms with E-state index in [0.717, 1.165) is 18.4 Å². The van der Waals surface area contributed by atoms with Gasteiger partial charge in [-0.25, -0.2) is 8.42 Å². The molecular weight excluding hydrogens is 317 g/mol. The van der Waals surface area contributed by atoms with Gasteiger partial charge in [-0.2, -0.15) is 4.31 Å². The molecule has 1 aromatic rings. The molecule has 3 nitrogen and oxygen atoms in total. The van der Waals surface area contributed by atoms with Gasteiger partial charge in [-0.3, -0.25) is 0 Å². The minimum absolute atomic E-state index is 0.256. The van der Waals surface area contributed by atoms with Crippen molar-refractivity contribution in [2.75, 3.05) is 13.1 Å². The summed E-state index contributed by atoms with van der Waals surface area (Å²) >= 11 is 11.9. The summed E-state index contributed by atoms with van der Waals surface area (Å²) in [6, 6.07) is 3.25. The van der Waals surface area contributed by atoms with Crippen molar-refractivity contribution < 1.29 is 8.42 Å². The molecule has 1 atom stereocenters. The first-order chi connectivity index (χ1) is 9.40. The summed E-state index contributed by atoms with van der Waals surface area (Å²) in [5.41, 5.74) is 1.47. The molecule has 0 spiro atoms. The molecule has 112 valence electrons. The van der Waals surface area contributed by atoms with E-state index in [1.807, 2.05) is 0 Å². The van der Waals surface area contributed by atoms with Gasteiger partial charge in [0.2, 0.25) is 10.0 Å². The molecule has 1 fully saturated rings. The summed E-state index contributed by atoms with van der Waals surface area (Å²) in [5, 5.41) is 0.413. The predicted molar refractivity (Wildman–Crippen MR) is 82.9 cm³/mol. The van der Waals surface area contributed by atoms with Crippen LogP contribution in [0.4, 0.5) is 0 Å². The zero-order valence-electron chi connectivity index (χ0n) is 11.7. The molecule has 0 saturated carbocycles. The van der Waals surface area contributed by atoms with E-state index in [1.165, 1.54) is 6.07 Å². The molecule has 20 heavy (non-hydrogen) atoms. The summed E-state index contributed by atoms with van der Waals surface area (Å²) < 4.78 is 27.1. The van der Waals surface area contributed by atoms with Gasteiger partial charge < -0.3 is 0 Å². The highest BCUT2D eigenvalue weighted by Gasteiger charge is 2.33. The number of halogens is 2. The number of hydrogen-bond donors (Lipinski definition) is 0. The Kier molecular flexibility index (Phi) is 5.00. The van der Waals surface area contributed by atoms with Crippen LogP contribution in [0.2, 0.25) is 5.02 Å². The summed E-state index contributed by atoms with van der Waals surface area (Å²) in [6.07, 6.45) is 1.94. The van der Waals surface area contributed by atoms with Gasteiger partial charge in [0.1, 0.15) is 0 Å². The molecule has 1 aliphatic heterocycles. The van der Waals surface area contributed by atoms with E-state index in [1.54, 1.807) is 17.3 Å². The van der Waals surface area contributed by atoms with Gasteiger partial charge in [-0.05, 0) is 42.5 Å². The first kappa shape index (κ1) is 16.1. The van der Waals surface area contributed by atoms with Gasteiger partial charge >= 0.3 is 0 Å². The van der Waals surface area contributed by atoms with Crippen LogP contribution >= 0.6 is 23.2 Å². The Bertz CT molecular complexity index is 601. The molecule has 1 saturated heterocycles. The summed E-state index contributed by atoms with van der Waals surface area (Å²) in [6.45, 7) is 5.06. The first-order valence-corrected chi connectivity index (χ1v) is 9.10. The van der Waals surface area contributed by atoms with E-state index in [4.69, 9.17) is 23.2 Å². The highest BCUT2D eigenvalue weighted by atomic mass is 35.5. The zero-order valence-corrected chi connectivity index (χ0v) is 14.0. The number of hydrogen-bond acceptors (Lipinski definition) is 2. The van der Waals surface area contributed by atoms with Crippen molar-refractivity contribution in [3.63, 3.8) is 0 Å². The van der Waals surface area contributed by atoms with Crippen LogP contribution in [0.15, 0.2) is 17.0 Å². The lowest BCUT2D eigenvalue weighted by atomic mass is 10.1. The minimum atomic E-state index is -3.48. The fourth-order valence-electron chi connectivity index (χ4n) is 2.60. The quantitative estimate of drug-likeness (QED) is 0.784. The van der Waals surface area contributed by atoms with Crippen LogP contribution < -0.4 is 0 Å². The maximum atomic E-state index is 12.8. The Morgan fingerprint density at radius 2 is 2.10 bits per heavy atom. The molecular formula is C14H19Cl2NO2S. The van der Waals surface area contributed by atoms with Gasteiger partial charge in [-0.15, -0.1) is 11.6 Å². The van der Waals surface area contributed by atoms with Crippen LogP contribution in [0.1, 0.15) is 30.9 Å². The van der Waals surface area contributed by atoms with Crippen LogP contribution in [0.3, 0.4) is 0 Å². The molecule has 1 heterocycles. The molecule has 0 aliphatic carbocycles. The molecule has 6 heteroatoms. The Morgan fingerprint density at radius 3 is 2.65 bits per heavy atom. The second kappa shape index (κ2) is 6.22. The van der Waals surface area contributed by atoms with Crippen LogP contribution in [-0.2, 0) is 15.9 Å². The fraction of sp³-hybridized carbons (Fsp3) is 0.571. The van der Waals surface area contributed by atoms with Gasteiger partial charge in [0.05, 0.1) is 4.90 Å². The van der Waals surface area contributed by atoms with E-state index in [9.17, 15) is 8.42 Å². The first-order valence-electron chi connectivity index (χ1n) is 6.75. The maximum Gasteiger partial charge on any atom is 0.243 e. The molecule has 0 amide bonds. The Morgan fingerprint density at radius 1 is 1.40 bits per heavy atom. The van der Waals surface area contributed by atoms with E-state index < -0.39 is 10.0 Å². The monoisotopic (exact) mass is 335 g/mol. The van der Waals surface area contributed by atoms with Crippen molar-refractivity contribution in [1.29, 1.82) is 0 Å². The summed E-state index contributed by atoms with van der Waals surface area (Å²) in [7, 11) is -3.48. The lowest BCUT2D eigenvalue weighted by molar-refractivity contribution is 0.452. The second-order valence-electron chi connectivity index (χ2n) is 5.25. The number of benzene rings is 1. The van der Waals surface area contributed by atoms with Gasteiger partial charge in [0.25, 0.3) is 0 Å². The van der Waals surface area contributed by atoms with Crippen LogP contribution in [-0.4, -0.2) is 25.8 Å². The fourth-order valence-corrected chi connectivity index (χ4v) is 5.01. The third-order valence-electron chi connectivity index (χ3n) is 4.02. The topological polar surface area (TPSA) is 37.4 Å². The molecule has 0 aromatic heterocycles. The third-order valence-corrected chi connectivity index (χ3v) is 6.52. The smallest absolute Gasteiger partial charge is 0.207 e. The van der Waals surface area contributed by atoms with Crippen molar-refractivity contribution in [2.24, 2.45) is 5.92 Å². The zero-order chi connectivity index (χ0) is 14.9. The third kappa shape index (κ3) is 2.98. The number of rotatable bonds is 4. The number of sulfonamides is 1. The molecule has 2 rings (SSSR count). The number of alkyl halides is 1. The van der Waals surface area contributed by atoms with E-state index in [0.29, 0.717) is 29.6 Å². The Hall–Kier alpha value is -0.290. The van der Waals surface area contributed by atoms with Crippen molar-refractivity contribution >= 4 is 33.2 Å². The van der Waals surface area contributed by atoms with Gasteiger partial charge in [-0.1, -0.05) is 24.9 Å². The molecule has 0 bridgehead atoms. The van der Waals surface area contributed by atoms with E-state index in [-0.39, 0.29) is 10.8 Å². The average Bonchev–Trinajstić information content (AvgIpc) is 2.90. The Labute approximate surface area is 130 Å². The average molecular weight is 336 g/mol. The van der Waals surface area contributed by atoms with E-state index in [2.05, 4.69) is 6.92 Å².